The average molecular weight is 507 g/mol. The molecule has 1 aromatic carbocycles. The molecule has 0 radical (unpaired) electrons. The number of nitrogens with one attached hydrogen (secondary N) is 1. The van der Waals surface area contributed by atoms with Crippen LogP contribution in [-0.2, 0) is 14.3 Å². The summed E-state index contributed by atoms with van der Waals surface area (Å²) < 4.78 is 24.3. The molecule has 0 bridgehead atoms. The van der Waals surface area contributed by atoms with E-state index in [1.54, 1.807) is 19.2 Å². The maximum absolute atomic E-state index is 13.6. The van der Waals surface area contributed by atoms with Crippen LogP contribution in [-0.4, -0.2) is 36.3 Å². The second-order valence-electron chi connectivity index (χ2n) is 11.3. The van der Waals surface area contributed by atoms with E-state index < -0.39 is 0 Å². The van der Waals surface area contributed by atoms with Gasteiger partial charge in [-0.15, -0.1) is 0 Å². The quantitative estimate of drug-likeness (QED) is 0.502. The highest BCUT2D eigenvalue weighted by Gasteiger charge is 2.62. The number of allylic oxidation sites excluding steroid dienone is 1. The first-order valence-corrected chi connectivity index (χ1v) is 13.2. The molecule has 2 aliphatic carbocycles. The highest BCUT2D eigenvalue weighted by molar-refractivity contribution is 5.75. The van der Waals surface area contributed by atoms with Crippen LogP contribution >= 0.6 is 0 Å². The fourth-order valence-electron chi connectivity index (χ4n) is 7.03. The molecule has 1 amide bonds. The number of carbonyl (C=O) groups excluding carboxylic acids is 2. The van der Waals surface area contributed by atoms with Crippen LogP contribution in [0.5, 0.6) is 0 Å². The first-order chi connectivity index (χ1) is 17.7. The van der Waals surface area contributed by atoms with Gasteiger partial charge in [-0.05, 0) is 79.2 Å². The summed E-state index contributed by atoms with van der Waals surface area (Å²) in [5.41, 5.74) is 2.25. The predicted octanol–water partition coefficient (Wildman–Crippen LogP) is 6.02. The van der Waals surface area contributed by atoms with Crippen molar-refractivity contribution in [2.24, 2.45) is 28.6 Å². The lowest BCUT2D eigenvalue weighted by Gasteiger charge is -2.61. The van der Waals surface area contributed by atoms with Gasteiger partial charge in [-0.1, -0.05) is 38.1 Å². The Kier molecular flexibility index (Phi) is 6.82. The Hall–Kier alpha value is -3.22. The first kappa shape index (κ1) is 25.4. The van der Waals surface area contributed by atoms with Crippen LogP contribution in [0.25, 0.3) is 17.2 Å². The summed E-state index contributed by atoms with van der Waals surface area (Å²) in [4.78, 5) is 29.4. The van der Waals surface area contributed by atoms with Crippen molar-refractivity contribution in [2.75, 3.05) is 13.2 Å². The molecule has 6 atom stereocenters. The lowest BCUT2D eigenvalue weighted by atomic mass is 9.43. The summed E-state index contributed by atoms with van der Waals surface area (Å²) >= 11 is 0. The zero-order valence-electron chi connectivity index (χ0n) is 21.7. The second kappa shape index (κ2) is 9.92. The number of fused-ring (bicyclic) bond motifs is 2. The van der Waals surface area contributed by atoms with Gasteiger partial charge in [0, 0.05) is 23.7 Å². The van der Waals surface area contributed by atoms with E-state index in [-0.39, 0.29) is 52.5 Å². The van der Waals surface area contributed by atoms with Crippen LogP contribution in [0.15, 0.2) is 48.7 Å². The van der Waals surface area contributed by atoms with Gasteiger partial charge in [0.2, 0.25) is 0 Å². The maximum atomic E-state index is 13.6. The van der Waals surface area contributed by atoms with Crippen molar-refractivity contribution in [2.45, 2.75) is 52.5 Å². The zero-order valence-corrected chi connectivity index (χ0v) is 21.7. The predicted molar refractivity (Wildman–Crippen MR) is 139 cm³/mol. The van der Waals surface area contributed by atoms with Crippen molar-refractivity contribution in [1.82, 2.24) is 10.3 Å². The van der Waals surface area contributed by atoms with E-state index in [0.29, 0.717) is 13.2 Å². The molecule has 1 saturated heterocycles. The minimum atomic E-state index is -0.377. The van der Waals surface area contributed by atoms with E-state index in [2.05, 4.69) is 30.2 Å². The lowest BCUT2D eigenvalue weighted by molar-refractivity contribution is -0.147. The number of cyclic esters (lactones) is 1. The summed E-state index contributed by atoms with van der Waals surface area (Å²) in [6.45, 7) is 7.18. The molecule has 3 fully saturated rings. The molecule has 37 heavy (non-hydrogen) atoms. The Labute approximate surface area is 217 Å². The van der Waals surface area contributed by atoms with Crippen molar-refractivity contribution in [3.63, 3.8) is 0 Å². The average Bonchev–Trinajstić information content (AvgIpc) is 3.22. The van der Waals surface area contributed by atoms with Crippen LogP contribution in [0.1, 0.15) is 52.1 Å². The van der Waals surface area contributed by atoms with Crippen molar-refractivity contribution in [1.29, 1.82) is 0 Å². The summed E-state index contributed by atoms with van der Waals surface area (Å²) in [5.74, 6) is -0.258. The van der Waals surface area contributed by atoms with Gasteiger partial charge in [0.25, 0.3) is 0 Å². The fourth-order valence-corrected chi connectivity index (χ4v) is 7.03. The van der Waals surface area contributed by atoms with Crippen LogP contribution in [0, 0.1) is 34.4 Å². The molecule has 3 aliphatic rings. The van der Waals surface area contributed by atoms with Crippen molar-refractivity contribution >= 4 is 18.1 Å². The van der Waals surface area contributed by atoms with Gasteiger partial charge in [0.1, 0.15) is 5.82 Å². The van der Waals surface area contributed by atoms with E-state index in [9.17, 15) is 14.0 Å². The number of alkyl carbamates (subject to hydrolysis) is 1. The van der Waals surface area contributed by atoms with Crippen LogP contribution in [0.2, 0.25) is 0 Å². The highest BCUT2D eigenvalue weighted by atomic mass is 19.1. The summed E-state index contributed by atoms with van der Waals surface area (Å²) in [6, 6.07) is 10.4. The van der Waals surface area contributed by atoms with Gasteiger partial charge < -0.3 is 14.8 Å². The van der Waals surface area contributed by atoms with Gasteiger partial charge in [-0.3, -0.25) is 9.78 Å². The number of hydrogen-bond donors (Lipinski definition) is 1. The molecule has 196 valence electrons. The molecule has 2 saturated carbocycles. The number of aromatic nitrogens is 1. The number of rotatable bonds is 5. The Balaban J connectivity index is 1.39. The zero-order chi connectivity index (χ0) is 26.2. The number of benzene rings is 1. The van der Waals surface area contributed by atoms with E-state index in [0.717, 1.165) is 42.5 Å². The van der Waals surface area contributed by atoms with Gasteiger partial charge in [-0.25, -0.2) is 9.18 Å². The Morgan fingerprint density at radius 3 is 2.81 bits per heavy atom. The standard InChI is InChI=1S/C30H35FN2O4/c1-4-36-28(35)33-23-12-13-30(3)26(25-18-37-27(34)24(25)16-29(30,2)15-23)11-10-22-9-8-20(17-32-22)19-6-5-7-21(31)14-19/h5-11,14,17,23-26H,4,12-13,15-16,18H2,1-3H3,(H,33,35)/b11-10+/t23-,24?,25-,26+,29+,30+/m1/s1. The van der Waals surface area contributed by atoms with E-state index in [1.807, 2.05) is 24.3 Å². The molecular weight excluding hydrogens is 471 g/mol. The smallest absolute Gasteiger partial charge is 0.407 e. The van der Waals surface area contributed by atoms with E-state index >= 15 is 0 Å². The van der Waals surface area contributed by atoms with Crippen molar-refractivity contribution in [3.8, 4) is 11.1 Å². The molecule has 2 aromatic rings. The number of halogens is 1. The molecular formula is C30H35FN2O4. The number of carbonyl (C=O) groups is 2. The summed E-state index contributed by atoms with van der Waals surface area (Å²) in [7, 11) is 0. The number of pyridine rings is 1. The van der Waals surface area contributed by atoms with Crippen molar-refractivity contribution in [3.05, 3.63) is 60.2 Å². The number of nitrogens with zero attached hydrogens (tertiary/aromatic N) is 1. The third kappa shape index (κ3) is 4.76. The molecule has 1 aliphatic heterocycles. The van der Waals surface area contributed by atoms with Gasteiger partial charge in [0.15, 0.2) is 0 Å². The minimum Gasteiger partial charge on any atom is -0.465 e. The molecule has 1 aromatic heterocycles. The lowest BCUT2D eigenvalue weighted by Crippen LogP contribution is -2.58. The fraction of sp³-hybridized carbons (Fsp3) is 0.500. The molecule has 0 spiro atoms. The van der Waals surface area contributed by atoms with Crippen molar-refractivity contribution < 1.29 is 23.5 Å². The highest BCUT2D eigenvalue weighted by Crippen LogP contribution is 2.65. The third-order valence-corrected chi connectivity index (χ3v) is 9.21. The minimum absolute atomic E-state index is 0.0211. The monoisotopic (exact) mass is 506 g/mol. The molecule has 5 rings (SSSR count). The third-order valence-electron chi connectivity index (χ3n) is 9.21. The Morgan fingerprint density at radius 2 is 2.08 bits per heavy atom. The normalized spacial score (nSPS) is 32.9. The molecule has 6 nitrogen and oxygen atoms in total. The molecule has 7 heteroatoms. The van der Waals surface area contributed by atoms with Gasteiger partial charge in [0.05, 0.1) is 24.8 Å². The molecule has 1 unspecified atom stereocenters. The Bertz CT molecular complexity index is 1200. The van der Waals surface area contributed by atoms with Gasteiger partial charge >= 0.3 is 12.1 Å². The number of hydrogen-bond acceptors (Lipinski definition) is 5. The number of amides is 1. The van der Waals surface area contributed by atoms with E-state index in [1.165, 1.54) is 12.1 Å². The van der Waals surface area contributed by atoms with Gasteiger partial charge in [-0.2, -0.15) is 0 Å². The molecule has 2 heterocycles. The Morgan fingerprint density at radius 1 is 1.24 bits per heavy atom. The summed E-state index contributed by atoms with van der Waals surface area (Å²) in [6.07, 6.45) is 9.00. The first-order valence-electron chi connectivity index (χ1n) is 13.2. The second-order valence-corrected chi connectivity index (χ2v) is 11.3. The van der Waals surface area contributed by atoms with Crippen LogP contribution < -0.4 is 5.32 Å². The maximum Gasteiger partial charge on any atom is 0.407 e. The van der Waals surface area contributed by atoms with Crippen LogP contribution in [0.3, 0.4) is 0 Å². The summed E-state index contributed by atoms with van der Waals surface area (Å²) in [5, 5.41) is 3.03. The molecule has 1 N–H and O–H groups in total. The van der Waals surface area contributed by atoms with Crippen LogP contribution in [0.4, 0.5) is 9.18 Å². The topological polar surface area (TPSA) is 77.5 Å². The van der Waals surface area contributed by atoms with E-state index in [4.69, 9.17) is 9.47 Å². The number of ether oxygens (including phenoxy) is 2. The largest absolute Gasteiger partial charge is 0.465 e. The number of esters is 1. The SMILES string of the molecule is CCOC(=O)N[C@@H]1CC[C@@]2(C)[C@@H](/C=C/c3ccc(-c4cccc(F)c4)cn3)[C@@H]3COC(=O)C3C[C@]2(C)C1.